The third-order valence-corrected chi connectivity index (χ3v) is 4.47. The summed E-state index contributed by atoms with van der Waals surface area (Å²) in [6.45, 7) is 11.2. The molecule has 0 fully saturated rings. The van der Waals surface area contributed by atoms with E-state index in [9.17, 15) is 4.79 Å². The summed E-state index contributed by atoms with van der Waals surface area (Å²) >= 11 is 0. The van der Waals surface area contributed by atoms with Crippen molar-refractivity contribution in [3.8, 4) is 16.9 Å². The lowest BCUT2D eigenvalue weighted by molar-refractivity contribution is 0.111. The third-order valence-electron chi connectivity index (χ3n) is 4.47. The maximum absolute atomic E-state index is 11.8. The number of rotatable bonds is 4. The first-order chi connectivity index (χ1) is 11.8. The number of aryl methyl sites for hydroxylation is 1. The van der Waals surface area contributed by atoms with Crippen molar-refractivity contribution in [3.63, 3.8) is 0 Å². The van der Waals surface area contributed by atoms with Gasteiger partial charge in [-0.3, -0.25) is 4.79 Å². The average molecular weight is 335 g/mol. The van der Waals surface area contributed by atoms with Crippen molar-refractivity contribution in [3.05, 3.63) is 59.4 Å². The zero-order chi connectivity index (χ0) is 18.2. The maximum Gasteiger partial charge on any atom is 0.167 e. The van der Waals surface area contributed by atoms with E-state index in [2.05, 4.69) is 39.0 Å². The lowest BCUT2D eigenvalue weighted by Crippen LogP contribution is -2.13. The first-order valence-electron chi connectivity index (χ1n) is 8.69. The molecule has 0 saturated heterocycles. The smallest absolute Gasteiger partial charge is 0.167 e. The number of ether oxygens (including phenoxy) is 1. The van der Waals surface area contributed by atoms with Gasteiger partial charge in [0.05, 0.1) is 12.3 Å². The van der Waals surface area contributed by atoms with Gasteiger partial charge in [0.25, 0.3) is 0 Å². The Balaban J connectivity index is 2.23. The van der Waals surface area contributed by atoms with E-state index in [0.29, 0.717) is 12.3 Å². The van der Waals surface area contributed by atoms with Gasteiger partial charge in [-0.05, 0) is 54.7 Å². The molecule has 0 radical (unpaired) electrons. The van der Waals surface area contributed by atoms with Gasteiger partial charge in [-0.25, -0.2) is 0 Å². The molecular weight excluding hydrogens is 310 g/mol. The quantitative estimate of drug-likeness (QED) is 0.596. The number of carbonyl (C=O) groups is 1. The van der Waals surface area contributed by atoms with Gasteiger partial charge >= 0.3 is 0 Å². The van der Waals surface area contributed by atoms with Crippen molar-refractivity contribution < 1.29 is 9.53 Å². The molecule has 0 N–H and O–H groups in total. The number of aldehydes is 1. The standard InChI is InChI=1S/C22H25NO2/c1-6-25-21-10-8-16(11-19(21)22(3,4)5)18-12-17-9-7-15(2)13-23(17)20(18)14-24/h7-14H,6H2,1-5H3. The first kappa shape index (κ1) is 17.3. The molecule has 0 bridgehead atoms. The Morgan fingerprint density at radius 1 is 1.12 bits per heavy atom. The molecule has 2 aromatic heterocycles. The molecule has 2 heterocycles. The second-order valence-electron chi connectivity index (χ2n) is 7.46. The first-order valence-corrected chi connectivity index (χ1v) is 8.69. The van der Waals surface area contributed by atoms with Crippen LogP contribution in [0.5, 0.6) is 5.75 Å². The number of benzene rings is 1. The SMILES string of the molecule is CCOc1ccc(-c2cc3ccc(C)cn3c2C=O)cc1C(C)(C)C. The van der Waals surface area contributed by atoms with Crippen LogP contribution in [0.2, 0.25) is 0 Å². The highest BCUT2D eigenvalue weighted by atomic mass is 16.5. The zero-order valence-electron chi connectivity index (χ0n) is 15.6. The van der Waals surface area contributed by atoms with Gasteiger partial charge in [0.1, 0.15) is 5.75 Å². The van der Waals surface area contributed by atoms with E-state index < -0.39 is 0 Å². The lowest BCUT2D eigenvalue weighted by atomic mass is 9.84. The number of carbonyl (C=O) groups excluding carboxylic acids is 1. The molecule has 0 amide bonds. The molecule has 0 saturated carbocycles. The second-order valence-corrected chi connectivity index (χ2v) is 7.46. The zero-order valence-corrected chi connectivity index (χ0v) is 15.6. The molecule has 0 aliphatic carbocycles. The van der Waals surface area contributed by atoms with Crippen molar-refractivity contribution in [1.29, 1.82) is 0 Å². The minimum Gasteiger partial charge on any atom is -0.494 e. The van der Waals surface area contributed by atoms with Gasteiger partial charge in [0.2, 0.25) is 0 Å². The van der Waals surface area contributed by atoms with Crippen LogP contribution in [0.4, 0.5) is 0 Å². The van der Waals surface area contributed by atoms with Crippen molar-refractivity contribution in [2.45, 2.75) is 40.0 Å². The van der Waals surface area contributed by atoms with Crippen LogP contribution in [0.25, 0.3) is 16.6 Å². The molecule has 3 heteroatoms. The van der Waals surface area contributed by atoms with Crippen LogP contribution in [0.15, 0.2) is 42.6 Å². The van der Waals surface area contributed by atoms with Crippen LogP contribution < -0.4 is 4.74 Å². The number of aromatic nitrogens is 1. The fourth-order valence-electron chi connectivity index (χ4n) is 3.21. The fraction of sp³-hybridized carbons (Fsp3) is 0.318. The summed E-state index contributed by atoms with van der Waals surface area (Å²) < 4.78 is 7.77. The summed E-state index contributed by atoms with van der Waals surface area (Å²) in [5, 5.41) is 0. The molecule has 0 aliphatic heterocycles. The predicted octanol–water partition coefficient (Wildman–Crippen LogP) is 5.42. The number of hydrogen-bond acceptors (Lipinski definition) is 2. The van der Waals surface area contributed by atoms with Crippen molar-refractivity contribution in [2.24, 2.45) is 0 Å². The van der Waals surface area contributed by atoms with Gasteiger partial charge < -0.3 is 9.14 Å². The highest BCUT2D eigenvalue weighted by Gasteiger charge is 2.21. The molecule has 0 unspecified atom stereocenters. The van der Waals surface area contributed by atoms with E-state index in [4.69, 9.17) is 4.74 Å². The van der Waals surface area contributed by atoms with Gasteiger partial charge in [0, 0.05) is 22.8 Å². The largest absolute Gasteiger partial charge is 0.494 e. The molecule has 25 heavy (non-hydrogen) atoms. The Morgan fingerprint density at radius 2 is 1.88 bits per heavy atom. The van der Waals surface area contributed by atoms with Crippen LogP contribution in [0.1, 0.15) is 49.3 Å². The highest BCUT2D eigenvalue weighted by Crippen LogP contribution is 2.36. The third kappa shape index (κ3) is 3.19. The molecule has 130 valence electrons. The van der Waals surface area contributed by atoms with Crippen LogP contribution in [-0.4, -0.2) is 17.3 Å². The number of fused-ring (bicyclic) bond motifs is 1. The normalized spacial score (nSPS) is 11.7. The topological polar surface area (TPSA) is 30.7 Å². The minimum absolute atomic E-state index is 0.0440. The van der Waals surface area contributed by atoms with E-state index in [1.54, 1.807) is 0 Å². The Labute approximate surface area is 149 Å². The molecule has 0 atom stereocenters. The number of pyridine rings is 1. The van der Waals surface area contributed by atoms with Gasteiger partial charge in [-0.1, -0.05) is 32.9 Å². The maximum atomic E-state index is 11.8. The summed E-state index contributed by atoms with van der Waals surface area (Å²) in [4.78, 5) is 11.8. The van der Waals surface area contributed by atoms with Crippen LogP contribution in [0, 0.1) is 6.92 Å². The molecule has 3 rings (SSSR count). The fourth-order valence-corrected chi connectivity index (χ4v) is 3.21. The second kappa shape index (κ2) is 6.40. The minimum atomic E-state index is -0.0440. The van der Waals surface area contributed by atoms with Gasteiger partial charge in [0.15, 0.2) is 6.29 Å². The van der Waals surface area contributed by atoms with Crippen LogP contribution in [-0.2, 0) is 5.41 Å². The van der Waals surface area contributed by atoms with Gasteiger partial charge in [-0.15, -0.1) is 0 Å². The summed E-state index contributed by atoms with van der Waals surface area (Å²) in [7, 11) is 0. The summed E-state index contributed by atoms with van der Waals surface area (Å²) in [5.41, 5.74) is 5.93. The predicted molar refractivity (Wildman–Crippen MR) is 103 cm³/mol. The molecule has 0 aliphatic rings. The number of nitrogens with zero attached hydrogens (tertiary/aromatic N) is 1. The monoisotopic (exact) mass is 335 g/mol. The van der Waals surface area contributed by atoms with Crippen molar-refractivity contribution in [1.82, 2.24) is 4.40 Å². The average Bonchev–Trinajstić information content (AvgIpc) is 2.92. The van der Waals surface area contributed by atoms with Crippen LogP contribution in [0.3, 0.4) is 0 Å². The Bertz CT molecular complexity index is 929. The molecular formula is C22H25NO2. The van der Waals surface area contributed by atoms with Crippen LogP contribution >= 0.6 is 0 Å². The summed E-state index contributed by atoms with van der Waals surface area (Å²) in [6.07, 6.45) is 2.94. The molecule has 3 aromatic rings. The van der Waals surface area contributed by atoms with E-state index in [-0.39, 0.29) is 5.41 Å². The lowest BCUT2D eigenvalue weighted by Gasteiger charge is -2.23. The van der Waals surface area contributed by atoms with E-state index >= 15 is 0 Å². The number of hydrogen-bond donors (Lipinski definition) is 0. The Hall–Kier alpha value is -2.55. The van der Waals surface area contributed by atoms with E-state index in [1.165, 1.54) is 0 Å². The van der Waals surface area contributed by atoms with E-state index in [1.807, 2.05) is 42.6 Å². The summed E-state index contributed by atoms with van der Waals surface area (Å²) in [5.74, 6) is 0.908. The molecule has 3 nitrogen and oxygen atoms in total. The Morgan fingerprint density at radius 3 is 2.52 bits per heavy atom. The Kier molecular flexibility index (Phi) is 4.42. The van der Waals surface area contributed by atoms with E-state index in [0.717, 1.165) is 39.8 Å². The van der Waals surface area contributed by atoms with Crippen molar-refractivity contribution in [2.75, 3.05) is 6.61 Å². The van der Waals surface area contributed by atoms with Gasteiger partial charge in [-0.2, -0.15) is 0 Å². The van der Waals surface area contributed by atoms with Crippen molar-refractivity contribution >= 4 is 11.8 Å². The summed E-state index contributed by atoms with van der Waals surface area (Å²) in [6, 6.07) is 12.4. The molecule has 0 spiro atoms. The highest BCUT2D eigenvalue weighted by molar-refractivity contribution is 5.90. The molecule has 1 aromatic carbocycles.